The molecule has 2 rings (SSSR count). The standard InChI is InChI=1S/C13H15NO3/c1-7-4-11-10(5-12(7)17-3)9(6-13(15)16)8(2)14-11/h4-5,14H,6H2,1-3H3,(H,15,16). The van der Waals surface area contributed by atoms with Crippen molar-refractivity contribution in [1.82, 2.24) is 4.98 Å². The van der Waals surface area contributed by atoms with Crippen molar-refractivity contribution < 1.29 is 14.6 Å². The van der Waals surface area contributed by atoms with Crippen LogP contribution in [0.25, 0.3) is 10.9 Å². The smallest absolute Gasteiger partial charge is 0.307 e. The third kappa shape index (κ3) is 1.98. The summed E-state index contributed by atoms with van der Waals surface area (Å²) in [7, 11) is 1.62. The number of methoxy groups -OCH3 is 1. The maximum atomic E-state index is 10.8. The third-order valence-corrected chi connectivity index (χ3v) is 2.96. The summed E-state index contributed by atoms with van der Waals surface area (Å²) in [5.41, 5.74) is 3.71. The van der Waals surface area contributed by atoms with E-state index in [-0.39, 0.29) is 6.42 Å². The number of aromatic nitrogens is 1. The van der Waals surface area contributed by atoms with Crippen molar-refractivity contribution in [2.45, 2.75) is 20.3 Å². The van der Waals surface area contributed by atoms with E-state index < -0.39 is 5.97 Å². The molecular weight excluding hydrogens is 218 g/mol. The van der Waals surface area contributed by atoms with Crippen LogP contribution in [-0.2, 0) is 11.2 Å². The van der Waals surface area contributed by atoms with Crippen LogP contribution in [0.5, 0.6) is 5.75 Å². The lowest BCUT2D eigenvalue weighted by Gasteiger charge is -2.05. The molecule has 0 saturated carbocycles. The fourth-order valence-electron chi connectivity index (χ4n) is 2.12. The van der Waals surface area contributed by atoms with Crippen LogP contribution in [0, 0.1) is 13.8 Å². The van der Waals surface area contributed by atoms with E-state index in [1.54, 1.807) is 7.11 Å². The number of H-pyrrole nitrogens is 1. The lowest BCUT2D eigenvalue weighted by Crippen LogP contribution is -2.00. The minimum atomic E-state index is -0.825. The van der Waals surface area contributed by atoms with Crippen LogP contribution < -0.4 is 4.74 Å². The van der Waals surface area contributed by atoms with E-state index in [2.05, 4.69) is 4.98 Å². The minimum absolute atomic E-state index is 0.0258. The number of aryl methyl sites for hydroxylation is 2. The number of hydrogen-bond donors (Lipinski definition) is 2. The highest BCUT2D eigenvalue weighted by Gasteiger charge is 2.13. The molecule has 1 aromatic carbocycles. The number of carboxylic acid groups (broad SMARTS) is 1. The van der Waals surface area contributed by atoms with Gasteiger partial charge in [-0.05, 0) is 37.1 Å². The van der Waals surface area contributed by atoms with Gasteiger partial charge in [0.05, 0.1) is 13.5 Å². The molecular formula is C13H15NO3. The minimum Gasteiger partial charge on any atom is -0.496 e. The van der Waals surface area contributed by atoms with Gasteiger partial charge in [-0.15, -0.1) is 0 Å². The fraction of sp³-hybridized carbons (Fsp3) is 0.308. The molecule has 4 heteroatoms. The Balaban J connectivity index is 2.66. The first kappa shape index (κ1) is 11.5. The first-order valence-corrected chi connectivity index (χ1v) is 5.40. The van der Waals surface area contributed by atoms with Crippen LogP contribution in [0.4, 0.5) is 0 Å². The molecule has 0 amide bonds. The zero-order valence-corrected chi connectivity index (χ0v) is 10.1. The van der Waals surface area contributed by atoms with Crippen LogP contribution in [0.1, 0.15) is 16.8 Å². The maximum absolute atomic E-state index is 10.8. The number of ether oxygens (including phenoxy) is 1. The first-order chi connectivity index (χ1) is 8.02. The summed E-state index contributed by atoms with van der Waals surface area (Å²) in [6, 6.07) is 3.87. The Morgan fingerprint density at radius 2 is 2.12 bits per heavy atom. The van der Waals surface area contributed by atoms with Crippen molar-refractivity contribution in [3.8, 4) is 5.75 Å². The summed E-state index contributed by atoms with van der Waals surface area (Å²) in [6.07, 6.45) is 0.0258. The van der Waals surface area contributed by atoms with Gasteiger partial charge in [0.25, 0.3) is 0 Å². The predicted octanol–water partition coefficient (Wildman–Crippen LogP) is 2.42. The van der Waals surface area contributed by atoms with Gasteiger partial charge in [0.2, 0.25) is 0 Å². The number of carbonyl (C=O) groups is 1. The molecule has 0 unspecified atom stereocenters. The Morgan fingerprint density at radius 1 is 1.41 bits per heavy atom. The van der Waals surface area contributed by atoms with Crippen molar-refractivity contribution in [2.24, 2.45) is 0 Å². The summed E-state index contributed by atoms with van der Waals surface area (Å²) in [5, 5.41) is 9.83. The van der Waals surface area contributed by atoms with Crippen molar-refractivity contribution in [3.63, 3.8) is 0 Å². The van der Waals surface area contributed by atoms with E-state index in [0.717, 1.165) is 33.5 Å². The Labute approximate surface area is 99.2 Å². The molecule has 0 bridgehead atoms. The van der Waals surface area contributed by atoms with E-state index in [4.69, 9.17) is 9.84 Å². The second kappa shape index (κ2) is 4.13. The highest BCUT2D eigenvalue weighted by Crippen LogP contribution is 2.29. The quantitative estimate of drug-likeness (QED) is 0.855. The molecule has 90 valence electrons. The lowest BCUT2D eigenvalue weighted by atomic mass is 10.1. The van der Waals surface area contributed by atoms with Gasteiger partial charge in [0, 0.05) is 16.6 Å². The van der Waals surface area contributed by atoms with Gasteiger partial charge in [-0.1, -0.05) is 0 Å². The highest BCUT2D eigenvalue weighted by atomic mass is 16.5. The highest BCUT2D eigenvalue weighted by molar-refractivity contribution is 5.90. The number of benzene rings is 1. The van der Waals surface area contributed by atoms with Gasteiger partial charge >= 0.3 is 5.97 Å². The van der Waals surface area contributed by atoms with E-state index in [0.29, 0.717) is 0 Å². The van der Waals surface area contributed by atoms with E-state index in [1.807, 2.05) is 26.0 Å². The molecule has 0 aliphatic rings. The molecule has 1 aromatic heterocycles. The second-order valence-corrected chi connectivity index (χ2v) is 4.17. The topological polar surface area (TPSA) is 62.3 Å². The molecule has 4 nitrogen and oxygen atoms in total. The van der Waals surface area contributed by atoms with Crippen LogP contribution in [0.2, 0.25) is 0 Å². The van der Waals surface area contributed by atoms with E-state index >= 15 is 0 Å². The zero-order valence-electron chi connectivity index (χ0n) is 10.1. The average molecular weight is 233 g/mol. The summed E-state index contributed by atoms with van der Waals surface area (Å²) in [5.74, 6) is -0.0447. The fourth-order valence-corrected chi connectivity index (χ4v) is 2.12. The largest absolute Gasteiger partial charge is 0.496 e. The van der Waals surface area contributed by atoms with Crippen LogP contribution in [-0.4, -0.2) is 23.2 Å². The molecule has 0 radical (unpaired) electrons. The summed E-state index contributed by atoms with van der Waals surface area (Å²) < 4.78 is 5.26. The molecule has 0 aliphatic carbocycles. The molecule has 2 N–H and O–H groups in total. The number of nitrogens with one attached hydrogen (secondary N) is 1. The molecule has 0 fully saturated rings. The normalized spacial score (nSPS) is 10.8. The molecule has 1 heterocycles. The van der Waals surface area contributed by atoms with Crippen molar-refractivity contribution >= 4 is 16.9 Å². The molecule has 2 aromatic rings. The number of fused-ring (bicyclic) bond motifs is 1. The monoisotopic (exact) mass is 233 g/mol. The van der Waals surface area contributed by atoms with Crippen molar-refractivity contribution in [3.05, 3.63) is 29.0 Å². The number of aliphatic carboxylic acids is 1. The predicted molar refractivity (Wildman–Crippen MR) is 65.7 cm³/mol. The third-order valence-electron chi connectivity index (χ3n) is 2.96. The number of aromatic amines is 1. The van der Waals surface area contributed by atoms with E-state index in [1.165, 1.54) is 0 Å². The Bertz CT molecular complexity index is 584. The Hall–Kier alpha value is -1.97. The van der Waals surface area contributed by atoms with Crippen molar-refractivity contribution in [2.75, 3.05) is 7.11 Å². The molecule has 17 heavy (non-hydrogen) atoms. The summed E-state index contributed by atoms with van der Waals surface area (Å²) in [4.78, 5) is 14.0. The molecule has 0 aliphatic heterocycles. The van der Waals surface area contributed by atoms with Crippen LogP contribution in [0.3, 0.4) is 0 Å². The number of carboxylic acids is 1. The first-order valence-electron chi connectivity index (χ1n) is 5.40. The molecule has 0 saturated heterocycles. The number of hydrogen-bond acceptors (Lipinski definition) is 2. The summed E-state index contributed by atoms with van der Waals surface area (Å²) in [6.45, 7) is 3.85. The van der Waals surface area contributed by atoms with Gasteiger partial charge in [0.15, 0.2) is 0 Å². The van der Waals surface area contributed by atoms with Gasteiger partial charge in [-0.25, -0.2) is 0 Å². The van der Waals surface area contributed by atoms with Crippen LogP contribution in [0.15, 0.2) is 12.1 Å². The molecule has 0 atom stereocenters. The zero-order chi connectivity index (χ0) is 12.6. The SMILES string of the molecule is COc1cc2c(CC(=O)O)c(C)[nH]c2cc1C. The van der Waals surface area contributed by atoms with Crippen LogP contribution >= 0.6 is 0 Å². The van der Waals surface area contributed by atoms with Gasteiger partial charge in [0.1, 0.15) is 5.75 Å². The molecule has 0 spiro atoms. The van der Waals surface area contributed by atoms with Gasteiger partial charge in [-0.2, -0.15) is 0 Å². The Morgan fingerprint density at radius 3 is 2.71 bits per heavy atom. The van der Waals surface area contributed by atoms with Crippen molar-refractivity contribution in [1.29, 1.82) is 0 Å². The lowest BCUT2D eigenvalue weighted by molar-refractivity contribution is -0.136. The second-order valence-electron chi connectivity index (χ2n) is 4.17. The summed E-state index contributed by atoms with van der Waals surface area (Å²) >= 11 is 0. The van der Waals surface area contributed by atoms with E-state index in [9.17, 15) is 4.79 Å². The number of rotatable bonds is 3. The van der Waals surface area contributed by atoms with Gasteiger partial charge < -0.3 is 14.8 Å². The van der Waals surface area contributed by atoms with Gasteiger partial charge in [-0.3, -0.25) is 4.79 Å². The maximum Gasteiger partial charge on any atom is 0.307 e. The Kier molecular flexibility index (Phi) is 2.79. The average Bonchev–Trinajstić information content (AvgIpc) is 2.53.